The van der Waals surface area contributed by atoms with Crippen LogP contribution in [0.2, 0.25) is 0 Å². The summed E-state index contributed by atoms with van der Waals surface area (Å²) in [5.41, 5.74) is -0.114. The van der Waals surface area contributed by atoms with E-state index in [4.69, 9.17) is 14.2 Å². The maximum Gasteiger partial charge on any atom is 0.261 e. The topological polar surface area (TPSA) is 149 Å². The van der Waals surface area contributed by atoms with Crippen molar-refractivity contribution in [3.05, 3.63) is 0 Å². The van der Waals surface area contributed by atoms with E-state index in [-0.39, 0.29) is 5.41 Å². The Labute approximate surface area is 121 Å². The highest BCUT2D eigenvalue weighted by molar-refractivity contribution is 7.85. The van der Waals surface area contributed by atoms with Crippen LogP contribution in [-0.4, -0.2) is 60.9 Å². The largest absolute Gasteiger partial charge is 0.393 e. The number of hydrogen-bond donors (Lipinski definition) is 4. The second kappa shape index (κ2) is 9.64. The third kappa shape index (κ3) is 52.4. The molecule has 10 heteroatoms. The van der Waals surface area contributed by atoms with Gasteiger partial charge in [0.05, 0.1) is 24.7 Å². The van der Waals surface area contributed by atoms with Crippen molar-refractivity contribution in [3.8, 4) is 0 Å². The van der Waals surface area contributed by atoms with Crippen LogP contribution < -0.4 is 0 Å². The minimum absolute atomic E-state index is 0.114. The lowest BCUT2D eigenvalue weighted by Gasteiger charge is -2.26. The van der Waals surface area contributed by atoms with Gasteiger partial charge in [0.15, 0.2) is 0 Å². The van der Waals surface area contributed by atoms with Gasteiger partial charge in [-0.15, -0.1) is 0 Å². The summed E-state index contributed by atoms with van der Waals surface area (Å²) >= 11 is 0. The van der Waals surface area contributed by atoms with E-state index in [0.717, 1.165) is 0 Å². The van der Waals surface area contributed by atoms with Gasteiger partial charge in [0.2, 0.25) is 0 Å². The Bertz CT molecular complexity index is 384. The summed E-state index contributed by atoms with van der Waals surface area (Å²) in [5.74, 6) is 0. The van der Waals surface area contributed by atoms with Gasteiger partial charge in [0.25, 0.3) is 20.2 Å². The monoisotopic (exact) mass is 338 g/mol. The first-order chi connectivity index (χ1) is 8.34. The van der Waals surface area contributed by atoms with Gasteiger partial charge in [0.1, 0.15) is 0 Å². The first kappa shape index (κ1) is 24.7. The molecule has 0 amide bonds. The molecule has 0 heterocycles. The molecule has 2 atom stereocenters. The van der Waals surface area contributed by atoms with E-state index in [1.165, 1.54) is 0 Å². The highest BCUT2D eigenvalue weighted by Crippen LogP contribution is 2.22. The van der Waals surface area contributed by atoms with Gasteiger partial charge >= 0.3 is 0 Å². The second-order valence-corrected chi connectivity index (χ2v) is 8.36. The van der Waals surface area contributed by atoms with Crippen molar-refractivity contribution in [3.63, 3.8) is 0 Å². The summed E-state index contributed by atoms with van der Waals surface area (Å²) in [4.78, 5) is 0. The van der Waals surface area contributed by atoms with Crippen LogP contribution in [0.15, 0.2) is 0 Å². The first-order valence-electron chi connectivity index (χ1n) is 5.55. The Morgan fingerprint density at radius 1 is 0.900 bits per heavy atom. The van der Waals surface area contributed by atoms with Gasteiger partial charge < -0.3 is 10.2 Å². The van der Waals surface area contributed by atoms with Gasteiger partial charge in [0, 0.05) is 0 Å². The molecule has 0 saturated heterocycles. The van der Waals surface area contributed by atoms with Crippen LogP contribution in [-0.2, 0) is 20.2 Å². The number of aliphatic hydroxyl groups excluding tert-OH is 2. The Morgan fingerprint density at radius 3 is 1.15 bits per heavy atom. The molecule has 8 nitrogen and oxygen atoms in total. The third-order valence-electron chi connectivity index (χ3n) is 1.56. The molecule has 0 bridgehead atoms. The molecule has 2 unspecified atom stereocenters. The number of aliphatic hydroxyl groups is 2. The lowest BCUT2D eigenvalue weighted by atomic mass is 9.86. The molecule has 126 valence electrons. The molecule has 0 aliphatic rings. The van der Waals surface area contributed by atoms with E-state index >= 15 is 0 Å². The van der Waals surface area contributed by atoms with Crippen LogP contribution in [0, 0.1) is 5.41 Å². The van der Waals surface area contributed by atoms with E-state index in [0.29, 0.717) is 18.9 Å². The van der Waals surface area contributed by atoms with E-state index in [1.807, 2.05) is 20.8 Å². The van der Waals surface area contributed by atoms with Crippen LogP contribution >= 0.6 is 0 Å². The summed E-state index contributed by atoms with van der Waals surface area (Å²) in [6.07, 6.45) is 1.07. The Balaban J connectivity index is -0.000000244. The average molecular weight is 338 g/mol. The zero-order chi connectivity index (χ0) is 17.4. The Kier molecular flexibility index (Phi) is 11.9. The third-order valence-corrected chi connectivity index (χ3v) is 1.56. The van der Waals surface area contributed by atoms with Crippen molar-refractivity contribution < 1.29 is 36.2 Å². The van der Waals surface area contributed by atoms with E-state index in [1.54, 1.807) is 6.92 Å². The van der Waals surface area contributed by atoms with E-state index < -0.39 is 32.4 Å². The lowest BCUT2D eigenvalue weighted by Crippen LogP contribution is -2.29. The normalized spacial score (nSPS) is 15.1. The fourth-order valence-electron chi connectivity index (χ4n) is 0.677. The Morgan fingerprint density at radius 2 is 1.10 bits per heavy atom. The van der Waals surface area contributed by atoms with Crippen molar-refractivity contribution in [1.82, 2.24) is 0 Å². The van der Waals surface area contributed by atoms with Crippen molar-refractivity contribution in [2.24, 2.45) is 5.41 Å². The summed E-state index contributed by atoms with van der Waals surface area (Å²) in [7, 11) is -7.33. The molecule has 0 radical (unpaired) electrons. The fraction of sp³-hybridized carbons (Fsp3) is 1.00. The number of hydrogen-bond acceptors (Lipinski definition) is 6. The van der Waals surface area contributed by atoms with E-state index in [2.05, 4.69) is 0 Å². The van der Waals surface area contributed by atoms with Crippen LogP contribution in [0.4, 0.5) is 0 Å². The zero-order valence-corrected chi connectivity index (χ0v) is 14.2. The summed E-state index contributed by atoms with van der Waals surface area (Å²) in [6, 6.07) is 0. The molecule has 0 fully saturated rings. The molecule has 0 spiro atoms. The lowest BCUT2D eigenvalue weighted by molar-refractivity contribution is 0.0188. The molecule has 0 aromatic rings. The van der Waals surface area contributed by atoms with Crippen molar-refractivity contribution >= 4 is 20.2 Å². The van der Waals surface area contributed by atoms with Gasteiger partial charge in [-0.05, 0) is 18.8 Å². The summed E-state index contributed by atoms with van der Waals surface area (Å²) < 4.78 is 51.7. The maximum absolute atomic E-state index is 9.40. The van der Waals surface area contributed by atoms with E-state index in [9.17, 15) is 21.9 Å². The van der Waals surface area contributed by atoms with Gasteiger partial charge in [-0.25, -0.2) is 0 Å². The molecule has 0 aliphatic carbocycles. The quantitative estimate of drug-likeness (QED) is 0.521. The molecular formula is C10H26O8S2. The summed E-state index contributed by atoms with van der Waals surface area (Å²) in [5, 5.41) is 18.3. The zero-order valence-electron chi connectivity index (χ0n) is 12.6. The van der Waals surface area contributed by atoms with Crippen molar-refractivity contribution in [2.45, 2.75) is 46.3 Å². The van der Waals surface area contributed by atoms with Crippen LogP contribution in [0.25, 0.3) is 0 Å². The summed E-state index contributed by atoms with van der Waals surface area (Å²) in [6.45, 7) is 7.56. The van der Waals surface area contributed by atoms with Crippen molar-refractivity contribution in [1.29, 1.82) is 0 Å². The molecule has 0 aromatic heterocycles. The molecule has 0 saturated carbocycles. The molecule has 0 aromatic carbocycles. The Hall–Kier alpha value is -0.260. The maximum atomic E-state index is 9.40. The minimum atomic E-state index is -3.67. The number of rotatable bonds is 2. The molecule has 4 N–H and O–H groups in total. The SMILES string of the molecule is CC(O)CC(O)C(C)(C)C.CS(=O)(=O)O.CS(=O)(=O)O. The molecule has 0 rings (SSSR count). The van der Waals surface area contributed by atoms with Gasteiger partial charge in [-0.3, -0.25) is 9.11 Å². The highest BCUT2D eigenvalue weighted by Gasteiger charge is 2.22. The predicted octanol–water partition coefficient (Wildman–Crippen LogP) is 0.172. The van der Waals surface area contributed by atoms with Crippen molar-refractivity contribution in [2.75, 3.05) is 12.5 Å². The van der Waals surface area contributed by atoms with Gasteiger partial charge in [-0.1, -0.05) is 20.8 Å². The van der Waals surface area contributed by atoms with Gasteiger partial charge in [-0.2, -0.15) is 16.8 Å². The molecule has 0 aliphatic heterocycles. The van der Waals surface area contributed by atoms with Crippen LogP contribution in [0.3, 0.4) is 0 Å². The average Bonchev–Trinajstić information content (AvgIpc) is 1.92. The van der Waals surface area contributed by atoms with Crippen LogP contribution in [0.5, 0.6) is 0 Å². The second-order valence-electron chi connectivity index (χ2n) is 5.43. The minimum Gasteiger partial charge on any atom is -0.393 e. The predicted molar refractivity (Wildman–Crippen MR) is 76.7 cm³/mol. The first-order valence-corrected chi connectivity index (χ1v) is 9.24. The molecular weight excluding hydrogens is 312 g/mol. The smallest absolute Gasteiger partial charge is 0.261 e. The standard InChI is InChI=1S/C8H18O2.2CH4O3S/c1-6(9)5-7(10)8(2,3)4;2*1-5(2,3)4/h6-7,9-10H,5H2,1-4H3;2*1H3,(H,2,3,4). The molecule has 20 heavy (non-hydrogen) atoms. The fourth-order valence-corrected chi connectivity index (χ4v) is 0.677. The van der Waals surface area contributed by atoms with Crippen LogP contribution in [0.1, 0.15) is 34.1 Å². The highest BCUT2D eigenvalue weighted by atomic mass is 32.2.